The van der Waals surface area contributed by atoms with Crippen LogP contribution in [0.3, 0.4) is 0 Å². The molecular formula is C9H8KN2O2. The molecule has 0 spiro atoms. The van der Waals surface area contributed by atoms with Crippen molar-refractivity contribution in [2.75, 3.05) is 7.11 Å². The Morgan fingerprint density at radius 2 is 2.00 bits per heavy atom. The fourth-order valence-electron chi connectivity index (χ4n) is 0.865. The number of hydrogen-bond donors (Lipinski definition) is 1. The van der Waals surface area contributed by atoms with Gasteiger partial charge in [0, 0.05) is 56.9 Å². The molecule has 0 bridgehead atoms. The molecule has 0 fully saturated rings. The van der Waals surface area contributed by atoms with E-state index in [0.717, 1.165) is 0 Å². The van der Waals surface area contributed by atoms with Gasteiger partial charge < -0.3 is 4.74 Å². The van der Waals surface area contributed by atoms with Gasteiger partial charge in [-0.15, -0.1) is 0 Å². The van der Waals surface area contributed by atoms with Crippen molar-refractivity contribution in [3.63, 3.8) is 0 Å². The van der Waals surface area contributed by atoms with Crippen LogP contribution in [0.15, 0.2) is 24.3 Å². The Morgan fingerprint density at radius 1 is 1.43 bits per heavy atom. The predicted octanol–water partition coefficient (Wildman–Crippen LogP) is 0.525. The molecule has 1 rings (SSSR count). The first kappa shape index (κ1) is 13.6. The molecule has 4 nitrogen and oxygen atoms in total. The molecule has 14 heavy (non-hydrogen) atoms. The average Bonchev–Trinajstić information content (AvgIpc) is 2.18. The number of methoxy groups -OCH3 is 1. The number of ether oxygens (including phenoxy) is 1. The molecule has 1 radical (unpaired) electrons. The minimum Gasteiger partial charge on any atom is -0.497 e. The van der Waals surface area contributed by atoms with Crippen LogP contribution in [0.1, 0.15) is 10.4 Å². The van der Waals surface area contributed by atoms with Crippen molar-refractivity contribution < 1.29 is 9.53 Å². The van der Waals surface area contributed by atoms with Crippen LogP contribution < -0.4 is 10.1 Å². The summed E-state index contributed by atoms with van der Waals surface area (Å²) in [5.74, 6) is 0.263. The monoisotopic (exact) mass is 215 g/mol. The number of amides is 1. The van der Waals surface area contributed by atoms with Crippen molar-refractivity contribution >= 4 is 57.3 Å². The molecule has 0 aliphatic carbocycles. The SMILES string of the molecule is COc1ccc(C(=O)NC#N)cc1.[K]. The van der Waals surface area contributed by atoms with E-state index >= 15 is 0 Å². The fourth-order valence-corrected chi connectivity index (χ4v) is 0.865. The first-order valence-electron chi connectivity index (χ1n) is 3.61. The van der Waals surface area contributed by atoms with Gasteiger partial charge in [-0.2, -0.15) is 5.26 Å². The molecule has 0 aliphatic rings. The molecule has 1 aromatic rings. The van der Waals surface area contributed by atoms with Crippen molar-refractivity contribution in [2.24, 2.45) is 0 Å². The number of nitrogens with zero attached hydrogens (tertiary/aromatic N) is 1. The molecule has 0 saturated carbocycles. The van der Waals surface area contributed by atoms with E-state index in [1.165, 1.54) is 0 Å². The van der Waals surface area contributed by atoms with E-state index in [1.54, 1.807) is 37.6 Å². The number of carbonyl (C=O) groups excluding carboxylic acids is 1. The molecule has 0 aromatic heterocycles. The van der Waals surface area contributed by atoms with E-state index in [0.29, 0.717) is 11.3 Å². The molecule has 1 N–H and O–H groups in total. The van der Waals surface area contributed by atoms with Crippen molar-refractivity contribution in [1.82, 2.24) is 5.32 Å². The number of carbonyl (C=O) groups is 1. The number of benzene rings is 1. The Kier molecular flexibility index (Phi) is 6.79. The fraction of sp³-hybridized carbons (Fsp3) is 0.111. The quantitative estimate of drug-likeness (QED) is 0.444. The van der Waals surface area contributed by atoms with Gasteiger partial charge >= 0.3 is 0 Å². The first-order valence-corrected chi connectivity index (χ1v) is 3.61. The topological polar surface area (TPSA) is 62.1 Å². The maximum Gasteiger partial charge on any atom is 0.264 e. The third-order valence-electron chi connectivity index (χ3n) is 1.52. The Balaban J connectivity index is 0.00000169. The molecule has 67 valence electrons. The third-order valence-corrected chi connectivity index (χ3v) is 1.52. The normalized spacial score (nSPS) is 8.00. The second-order valence-corrected chi connectivity index (χ2v) is 2.29. The first-order chi connectivity index (χ1) is 6.27. The zero-order valence-corrected chi connectivity index (χ0v) is 11.2. The smallest absolute Gasteiger partial charge is 0.264 e. The van der Waals surface area contributed by atoms with Gasteiger partial charge in [-0.1, -0.05) is 0 Å². The molecule has 1 amide bonds. The number of nitrogens with one attached hydrogen (secondary N) is 1. The summed E-state index contributed by atoms with van der Waals surface area (Å²) in [6, 6.07) is 6.50. The van der Waals surface area contributed by atoms with Crippen molar-refractivity contribution in [1.29, 1.82) is 5.26 Å². The van der Waals surface area contributed by atoms with E-state index in [-0.39, 0.29) is 51.4 Å². The number of nitriles is 1. The summed E-state index contributed by atoms with van der Waals surface area (Å²) in [6.07, 6.45) is 1.56. The van der Waals surface area contributed by atoms with E-state index in [1.807, 2.05) is 5.32 Å². The van der Waals surface area contributed by atoms with Crippen molar-refractivity contribution in [3.05, 3.63) is 29.8 Å². The van der Waals surface area contributed by atoms with Gasteiger partial charge in [0.05, 0.1) is 7.11 Å². The standard InChI is InChI=1S/C9H8N2O2.K/c1-13-8-4-2-7(3-5-8)9(12)11-6-10;/h2-5H,1H3,(H,11,12);. The van der Waals surface area contributed by atoms with E-state index in [4.69, 9.17) is 10.00 Å². The molecule has 0 saturated heterocycles. The summed E-state index contributed by atoms with van der Waals surface area (Å²) in [5.41, 5.74) is 0.433. The summed E-state index contributed by atoms with van der Waals surface area (Å²) < 4.78 is 4.91. The minimum absolute atomic E-state index is 0. The summed E-state index contributed by atoms with van der Waals surface area (Å²) >= 11 is 0. The van der Waals surface area contributed by atoms with E-state index in [2.05, 4.69) is 0 Å². The number of rotatable bonds is 2. The van der Waals surface area contributed by atoms with Gasteiger partial charge in [-0.25, -0.2) is 0 Å². The van der Waals surface area contributed by atoms with Crippen LogP contribution in [0.25, 0.3) is 0 Å². The summed E-state index contributed by atoms with van der Waals surface area (Å²) in [4.78, 5) is 11.1. The van der Waals surface area contributed by atoms with Crippen LogP contribution in [0.5, 0.6) is 5.75 Å². The van der Waals surface area contributed by atoms with Gasteiger partial charge in [0.1, 0.15) is 5.75 Å². The van der Waals surface area contributed by atoms with Crippen LogP contribution in [-0.4, -0.2) is 64.4 Å². The number of hydrogen-bond acceptors (Lipinski definition) is 3. The summed E-state index contributed by atoms with van der Waals surface area (Å²) in [6.45, 7) is 0. The second kappa shape index (κ2) is 6.98. The average molecular weight is 215 g/mol. The predicted molar refractivity (Wildman–Crippen MR) is 51.8 cm³/mol. The molecule has 0 unspecified atom stereocenters. The summed E-state index contributed by atoms with van der Waals surface area (Å²) in [7, 11) is 1.55. The molecule has 5 heteroatoms. The van der Waals surface area contributed by atoms with Crippen LogP contribution in [-0.2, 0) is 0 Å². The van der Waals surface area contributed by atoms with Gasteiger partial charge in [-0.3, -0.25) is 10.1 Å². The molecule has 1 aromatic carbocycles. The minimum atomic E-state index is -0.412. The van der Waals surface area contributed by atoms with Crippen LogP contribution in [0.4, 0.5) is 0 Å². The Morgan fingerprint density at radius 3 is 2.43 bits per heavy atom. The third kappa shape index (κ3) is 3.78. The Bertz CT molecular complexity index is 343. The van der Waals surface area contributed by atoms with Crippen LogP contribution >= 0.6 is 0 Å². The van der Waals surface area contributed by atoms with Crippen LogP contribution in [0, 0.1) is 11.5 Å². The van der Waals surface area contributed by atoms with Crippen LogP contribution in [0.2, 0.25) is 0 Å². The van der Waals surface area contributed by atoms with Crippen molar-refractivity contribution in [2.45, 2.75) is 0 Å². The van der Waals surface area contributed by atoms with E-state index < -0.39 is 5.91 Å². The van der Waals surface area contributed by atoms with Crippen molar-refractivity contribution in [3.8, 4) is 11.9 Å². The van der Waals surface area contributed by atoms with Gasteiger partial charge in [-0.05, 0) is 24.3 Å². The Hall–Kier alpha value is -0.384. The Labute approximate surface area is 125 Å². The maximum absolute atomic E-state index is 11.1. The second-order valence-electron chi connectivity index (χ2n) is 2.29. The largest absolute Gasteiger partial charge is 0.497 e. The molecule has 0 heterocycles. The molecule has 0 aliphatic heterocycles. The van der Waals surface area contributed by atoms with E-state index in [9.17, 15) is 4.79 Å². The van der Waals surface area contributed by atoms with Gasteiger partial charge in [0.15, 0.2) is 6.19 Å². The molecule has 0 atom stereocenters. The molecular weight excluding hydrogens is 207 g/mol. The maximum atomic E-state index is 11.1. The van der Waals surface area contributed by atoms with Gasteiger partial charge in [0.25, 0.3) is 5.91 Å². The van der Waals surface area contributed by atoms with Gasteiger partial charge in [0.2, 0.25) is 0 Å². The zero-order chi connectivity index (χ0) is 9.68. The zero-order valence-electron chi connectivity index (χ0n) is 8.07. The summed E-state index contributed by atoms with van der Waals surface area (Å²) in [5, 5.41) is 10.2.